The fraction of sp³-hybridized carbons (Fsp3) is 0.536. The number of aromatic nitrogens is 1. The van der Waals surface area contributed by atoms with Gasteiger partial charge in [-0.3, -0.25) is 9.71 Å². The van der Waals surface area contributed by atoms with Crippen LogP contribution in [0.4, 0.5) is 4.39 Å². The van der Waals surface area contributed by atoms with Crippen LogP contribution in [0.1, 0.15) is 101 Å². The van der Waals surface area contributed by atoms with E-state index in [1.807, 2.05) is 24.4 Å². The predicted octanol–water partition coefficient (Wildman–Crippen LogP) is 8.53. The molecule has 2 nitrogen and oxygen atoms in total. The Morgan fingerprint density at radius 2 is 1.66 bits per heavy atom. The zero-order valence-corrected chi connectivity index (χ0v) is 20.3. The smallest absolute Gasteiger partial charge is 0.123 e. The highest BCUT2D eigenvalue weighted by Crippen LogP contribution is 2.46. The normalized spacial score (nSPS) is 19.2. The van der Waals surface area contributed by atoms with Crippen LogP contribution in [0.3, 0.4) is 0 Å². The lowest BCUT2D eigenvalue weighted by Gasteiger charge is -2.42. The van der Waals surface area contributed by atoms with Crippen LogP contribution < -0.4 is 4.72 Å². The maximum Gasteiger partial charge on any atom is 0.123 e. The molecule has 0 aliphatic carbocycles. The predicted molar refractivity (Wildman–Crippen MR) is 136 cm³/mol. The van der Waals surface area contributed by atoms with Crippen molar-refractivity contribution in [3.63, 3.8) is 0 Å². The molecular weight excluding hydrogens is 415 g/mol. The van der Waals surface area contributed by atoms with E-state index in [2.05, 4.69) is 40.9 Å². The first-order valence-electron chi connectivity index (χ1n) is 12.5. The molecule has 1 N–H and O–H groups in total. The van der Waals surface area contributed by atoms with E-state index in [1.54, 1.807) is 24.1 Å². The molecule has 32 heavy (non-hydrogen) atoms. The van der Waals surface area contributed by atoms with Crippen molar-refractivity contribution in [3.8, 4) is 0 Å². The molecule has 0 spiro atoms. The molecule has 0 radical (unpaired) electrons. The highest BCUT2D eigenvalue weighted by atomic mass is 32.2. The van der Waals surface area contributed by atoms with Crippen molar-refractivity contribution < 1.29 is 4.39 Å². The molecular formula is C28H39FN2S. The van der Waals surface area contributed by atoms with Crippen LogP contribution in [-0.2, 0) is 0 Å². The van der Waals surface area contributed by atoms with Crippen LogP contribution in [-0.4, -0.2) is 10.2 Å². The number of benzene rings is 1. The molecule has 3 atom stereocenters. The van der Waals surface area contributed by atoms with Crippen molar-refractivity contribution in [2.24, 2.45) is 0 Å². The first kappa shape index (κ1) is 25.0. The molecule has 2 aromatic rings. The average Bonchev–Trinajstić information content (AvgIpc) is 2.80. The molecule has 1 aromatic heterocycles. The fourth-order valence-corrected chi connectivity index (χ4v) is 5.60. The lowest BCUT2D eigenvalue weighted by Crippen LogP contribution is -2.42. The number of nitrogens with zero attached hydrogens (tertiary/aromatic N) is 1. The van der Waals surface area contributed by atoms with Gasteiger partial charge in [0.25, 0.3) is 0 Å². The van der Waals surface area contributed by atoms with Gasteiger partial charge in [-0.15, -0.1) is 0 Å². The summed E-state index contributed by atoms with van der Waals surface area (Å²) in [7, 11) is 0. The molecule has 0 bridgehead atoms. The van der Waals surface area contributed by atoms with Crippen LogP contribution >= 0.6 is 11.9 Å². The Bertz CT molecular complexity index is 778. The fourth-order valence-electron chi connectivity index (χ4n) is 4.44. The van der Waals surface area contributed by atoms with Gasteiger partial charge in [-0.2, -0.15) is 0 Å². The Balaban J connectivity index is 1.43. The number of rotatable bonds is 15. The molecule has 1 aliphatic rings. The molecule has 1 fully saturated rings. The average molecular weight is 455 g/mol. The monoisotopic (exact) mass is 454 g/mol. The van der Waals surface area contributed by atoms with Crippen molar-refractivity contribution >= 4 is 11.9 Å². The summed E-state index contributed by atoms with van der Waals surface area (Å²) in [6.45, 7) is 2.27. The second kappa shape index (κ2) is 14.5. The van der Waals surface area contributed by atoms with Gasteiger partial charge in [0, 0.05) is 23.1 Å². The SMILES string of the molecule is CCCCCCCCC=CCCCCC(c1ccccn1)C1SNC1c1ccc(F)cc1. The first-order chi connectivity index (χ1) is 15.8. The van der Waals surface area contributed by atoms with E-state index in [0.29, 0.717) is 11.2 Å². The summed E-state index contributed by atoms with van der Waals surface area (Å²) >= 11 is 1.80. The zero-order chi connectivity index (χ0) is 22.4. The maximum atomic E-state index is 13.4. The van der Waals surface area contributed by atoms with Gasteiger partial charge in [0.2, 0.25) is 0 Å². The minimum atomic E-state index is -0.178. The number of hydrogen-bond donors (Lipinski definition) is 1. The number of allylic oxidation sites excluding steroid dienone is 2. The third-order valence-electron chi connectivity index (χ3n) is 6.38. The van der Waals surface area contributed by atoms with Gasteiger partial charge < -0.3 is 0 Å². The van der Waals surface area contributed by atoms with E-state index in [-0.39, 0.29) is 11.9 Å². The van der Waals surface area contributed by atoms with E-state index in [4.69, 9.17) is 0 Å². The van der Waals surface area contributed by atoms with Gasteiger partial charge in [-0.05, 0) is 61.9 Å². The van der Waals surface area contributed by atoms with Crippen LogP contribution in [0.5, 0.6) is 0 Å². The molecule has 1 saturated heterocycles. The molecule has 1 aromatic carbocycles. The summed E-state index contributed by atoms with van der Waals surface area (Å²) in [5.74, 6) is 0.229. The van der Waals surface area contributed by atoms with E-state index in [1.165, 1.54) is 69.9 Å². The minimum absolute atomic E-state index is 0.178. The van der Waals surface area contributed by atoms with E-state index in [0.717, 1.165) is 12.0 Å². The Morgan fingerprint density at radius 1 is 0.938 bits per heavy atom. The van der Waals surface area contributed by atoms with Gasteiger partial charge in [-0.1, -0.05) is 87.7 Å². The lowest BCUT2D eigenvalue weighted by atomic mass is 9.87. The Labute approximate surface area is 198 Å². The molecule has 3 unspecified atom stereocenters. The molecule has 3 rings (SSSR count). The van der Waals surface area contributed by atoms with Crippen molar-refractivity contribution in [1.82, 2.24) is 9.71 Å². The number of nitrogens with one attached hydrogen (secondary N) is 1. The van der Waals surface area contributed by atoms with Crippen LogP contribution in [0.15, 0.2) is 60.8 Å². The molecule has 2 heterocycles. The highest BCUT2D eigenvalue weighted by molar-refractivity contribution is 7.99. The van der Waals surface area contributed by atoms with Crippen LogP contribution in [0, 0.1) is 5.82 Å². The molecule has 0 amide bonds. The molecule has 1 aliphatic heterocycles. The standard InChI is InChI=1S/C28H39FN2S/c1-2-3-4-5-6-7-8-9-10-11-12-13-16-25(26-17-14-15-22-30-26)28-27(31-32-28)23-18-20-24(29)21-19-23/h9-10,14-15,17-22,25,27-28,31H,2-8,11-13,16H2,1H3. The number of pyridine rings is 1. The number of unbranched alkanes of at least 4 members (excludes halogenated alkanes) is 8. The highest BCUT2D eigenvalue weighted by Gasteiger charge is 2.39. The largest absolute Gasteiger partial charge is 0.261 e. The summed E-state index contributed by atoms with van der Waals surface area (Å²) < 4.78 is 16.8. The number of halogens is 1. The lowest BCUT2D eigenvalue weighted by molar-refractivity contribution is 0.452. The molecule has 174 valence electrons. The van der Waals surface area contributed by atoms with Gasteiger partial charge in [-0.25, -0.2) is 4.39 Å². The maximum absolute atomic E-state index is 13.4. The van der Waals surface area contributed by atoms with Crippen LogP contribution in [0.2, 0.25) is 0 Å². The van der Waals surface area contributed by atoms with Gasteiger partial charge in [0.1, 0.15) is 5.82 Å². The van der Waals surface area contributed by atoms with E-state index >= 15 is 0 Å². The first-order valence-corrected chi connectivity index (χ1v) is 13.4. The van der Waals surface area contributed by atoms with E-state index in [9.17, 15) is 4.39 Å². The van der Waals surface area contributed by atoms with Crippen molar-refractivity contribution in [2.75, 3.05) is 0 Å². The second-order valence-corrected chi connectivity index (χ2v) is 9.92. The summed E-state index contributed by atoms with van der Waals surface area (Å²) in [4.78, 5) is 4.68. The summed E-state index contributed by atoms with van der Waals surface area (Å²) in [6.07, 6.45) is 20.8. The van der Waals surface area contributed by atoms with Crippen LogP contribution in [0.25, 0.3) is 0 Å². The summed E-state index contributed by atoms with van der Waals surface area (Å²) in [5.41, 5.74) is 2.34. The zero-order valence-electron chi connectivity index (χ0n) is 19.5. The van der Waals surface area contributed by atoms with Gasteiger partial charge >= 0.3 is 0 Å². The number of hydrogen-bond acceptors (Lipinski definition) is 3. The van der Waals surface area contributed by atoms with Gasteiger partial charge in [0.05, 0.1) is 6.04 Å². The Kier molecular flexibility index (Phi) is 11.3. The Hall–Kier alpha value is -1.65. The third-order valence-corrected chi connectivity index (χ3v) is 7.64. The second-order valence-electron chi connectivity index (χ2n) is 8.90. The van der Waals surface area contributed by atoms with Crippen molar-refractivity contribution in [1.29, 1.82) is 0 Å². The third kappa shape index (κ3) is 8.04. The Morgan fingerprint density at radius 3 is 2.31 bits per heavy atom. The van der Waals surface area contributed by atoms with Crippen molar-refractivity contribution in [3.05, 3.63) is 77.9 Å². The van der Waals surface area contributed by atoms with E-state index < -0.39 is 0 Å². The quantitative estimate of drug-likeness (QED) is 0.166. The summed E-state index contributed by atoms with van der Waals surface area (Å²) in [5, 5.41) is 0.429. The summed E-state index contributed by atoms with van der Waals surface area (Å²) in [6, 6.07) is 13.4. The molecule has 0 saturated carbocycles. The topological polar surface area (TPSA) is 24.9 Å². The minimum Gasteiger partial charge on any atom is -0.261 e. The molecule has 4 heteroatoms. The van der Waals surface area contributed by atoms with Crippen molar-refractivity contribution in [2.45, 2.75) is 94.8 Å². The van der Waals surface area contributed by atoms with Gasteiger partial charge in [0.15, 0.2) is 0 Å².